The van der Waals surface area contributed by atoms with Crippen molar-refractivity contribution in [2.24, 2.45) is 5.92 Å². The van der Waals surface area contributed by atoms with E-state index in [1.165, 1.54) is 4.90 Å². The molecular weight excluding hydrogens is 322 g/mol. The summed E-state index contributed by atoms with van der Waals surface area (Å²) in [7, 11) is 0. The monoisotopic (exact) mass is 345 g/mol. The Morgan fingerprint density at radius 3 is 2.88 bits per heavy atom. The van der Waals surface area contributed by atoms with Gasteiger partial charge in [-0.15, -0.1) is 11.8 Å². The molecular formula is C18H23N3O2S. The lowest BCUT2D eigenvalue weighted by Gasteiger charge is -2.16. The topological polar surface area (TPSA) is 58.4 Å². The molecule has 1 aromatic carbocycles. The molecule has 1 aromatic heterocycles. The molecule has 1 N–H and O–H groups in total. The quantitative estimate of drug-likeness (QED) is 0.841. The smallest absolute Gasteiger partial charge is 0.317 e. The number of oxazole rings is 1. The molecule has 6 heteroatoms. The molecule has 0 radical (unpaired) electrons. The van der Waals surface area contributed by atoms with Crippen LogP contribution in [0.25, 0.3) is 0 Å². The molecule has 0 bridgehead atoms. The highest BCUT2D eigenvalue weighted by atomic mass is 32.2. The summed E-state index contributed by atoms with van der Waals surface area (Å²) in [5.74, 6) is 2.96. The Labute approximate surface area is 146 Å². The highest BCUT2D eigenvalue weighted by Gasteiger charge is 2.26. The van der Waals surface area contributed by atoms with Gasteiger partial charge in [-0.1, -0.05) is 18.2 Å². The molecule has 128 valence electrons. The normalized spacial score (nSPS) is 17.2. The van der Waals surface area contributed by atoms with Crippen molar-refractivity contribution in [3.8, 4) is 0 Å². The fraction of sp³-hybridized carbons (Fsp3) is 0.444. The van der Waals surface area contributed by atoms with Gasteiger partial charge in [0.05, 0.1) is 12.2 Å². The number of nitrogens with zero attached hydrogens (tertiary/aromatic N) is 2. The molecule has 2 heterocycles. The van der Waals surface area contributed by atoms with Crippen molar-refractivity contribution in [2.45, 2.75) is 31.7 Å². The van der Waals surface area contributed by atoms with E-state index in [2.05, 4.69) is 34.6 Å². The first-order chi connectivity index (χ1) is 11.6. The van der Waals surface area contributed by atoms with Crippen LogP contribution in [0.4, 0.5) is 4.79 Å². The maximum absolute atomic E-state index is 12.3. The molecule has 0 unspecified atom stereocenters. The second kappa shape index (κ2) is 7.75. The lowest BCUT2D eigenvalue weighted by molar-refractivity contribution is 0.205. The summed E-state index contributed by atoms with van der Waals surface area (Å²) in [4.78, 5) is 19.7. The van der Waals surface area contributed by atoms with Crippen molar-refractivity contribution in [3.63, 3.8) is 0 Å². The van der Waals surface area contributed by atoms with E-state index in [0.717, 1.165) is 36.7 Å². The van der Waals surface area contributed by atoms with Gasteiger partial charge in [-0.25, -0.2) is 9.78 Å². The molecule has 1 saturated heterocycles. The Balaban J connectivity index is 1.42. The average Bonchev–Trinajstić information content (AvgIpc) is 3.19. The van der Waals surface area contributed by atoms with E-state index < -0.39 is 0 Å². The van der Waals surface area contributed by atoms with Crippen LogP contribution in [0, 0.1) is 19.8 Å². The summed E-state index contributed by atoms with van der Waals surface area (Å²) in [6, 6.07) is 10.4. The third-order valence-electron chi connectivity index (χ3n) is 4.27. The van der Waals surface area contributed by atoms with Crippen molar-refractivity contribution in [2.75, 3.05) is 18.8 Å². The zero-order chi connectivity index (χ0) is 16.9. The summed E-state index contributed by atoms with van der Waals surface area (Å²) >= 11 is 1.86. The molecule has 1 atom stereocenters. The molecule has 1 aliphatic rings. The summed E-state index contributed by atoms with van der Waals surface area (Å²) in [6.45, 7) is 5.75. The average molecular weight is 345 g/mol. The van der Waals surface area contributed by atoms with Crippen LogP contribution in [-0.2, 0) is 6.54 Å². The second-order valence-corrected chi connectivity index (χ2v) is 7.23. The number of hydrogen-bond acceptors (Lipinski definition) is 4. The third kappa shape index (κ3) is 4.32. The second-order valence-electron chi connectivity index (χ2n) is 6.13. The zero-order valence-corrected chi connectivity index (χ0v) is 14.9. The lowest BCUT2D eigenvalue weighted by atomic mass is 10.2. The number of aromatic nitrogens is 1. The standard InChI is InChI=1S/C18H23N3O2S/c1-13-14(2)23-17(20-13)10-19-18(22)21-9-8-15(11-21)12-24-16-6-4-3-5-7-16/h3-7,15H,8-12H2,1-2H3,(H,19,22)/t15-/m1/s1. The number of carbonyl (C=O) groups is 1. The van der Waals surface area contributed by atoms with Crippen molar-refractivity contribution in [1.29, 1.82) is 0 Å². The highest BCUT2D eigenvalue weighted by Crippen LogP contribution is 2.25. The molecule has 0 saturated carbocycles. The number of hydrogen-bond donors (Lipinski definition) is 1. The van der Waals surface area contributed by atoms with Gasteiger partial charge in [0.15, 0.2) is 0 Å². The molecule has 5 nitrogen and oxygen atoms in total. The Morgan fingerprint density at radius 2 is 2.17 bits per heavy atom. The van der Waals surface area contributed by atoms with Gasteiger partial charge >= 0.3 is 6.03 Å². The first-order valence-corrected chi connectivity index (χ1v) is 9.24. The minimum atomic E-state index is -0.0317. The van der Waals surface area contributed by atoms with Crippen LogP contribution in [0.5, 0.6) is 0 Å². The maximum Gasteiger partial charge on any atom is 0.317 e. The van der Waals surface area contributed by atoms with Gasteiger partial charge in [0.25, 0.3) is 0 Å². The number of benzene rings is 1. The van der Waals surface area contributed by atoms with E-state index in [1.54, 1.807) is 0 Å². The molecule has 1 aliphatic heterocycles. The van der Waals surface area contributed by atoms with E-state index in [9.17, 15) is 4.79 Å². The highest BCUT2D eigenvalue weighted by molar-refractivity contribution is 7.99. The van der Waals surface area contributed by atoms with Gasteiger partial charge in [0, 0.05) is 23.7 Å². The molecule has 0 aliphatic carbocycles. The maximum atomic E-state index is 12.3. The largest absolute Gasteiger partial charge is 0.444 e. The number of rotatable bonds is 5. The summed E-state index contributed by atoms with van der Waals surface area (Å²) in [6.07, 6.45) is 1.06. The van der Waals surface area contributed by atoms with Crippen molar-refractivity contribution >= 4 is 17.8 Å². The Kier molecular flexibility index (Phi) is 5.45. The van der Waals surface area contributed by atoms with Gasteiger partial charge < -0.3 is 14.6 Å². The minimum Gasteiger partial charge on any atom is -0.444 e. The minimum absolute atomic E-state index is 0.0317. The zero-order valence-electron chi connectivity index (χ0n) is 14.1. The van der Waals surface area contributed by atoms with Crippen molar-refractivity contribution in [3.05, 3.63) is 47.7 Å². The van der Waals surface area contributed by atoms with Crippen LogP contribution in [0.15, 0.2) is 39.6 Å². The summed E-state index contributed by atoms with van der Waals surface area (Å²) < 4.78 is 5.49. The van der Waals surface area contributed by atoms with Gasteiger partial charge in [-0.3, -0.25) is 0 Å². The number of carbonyl (C=O) groups excluding carboxylic acids is 1. The molecule has 0 spiro atoms. The fourth-order valence-electron chi connectivity index (χ4n) is 2.76. The predicted molar refractivity (Wildman–Crippen MR) is 95.1 cm³/mol. The van der Waals surface area contributed by atoms with Crippen LogP contribution in [-0.4, -0.2) is 34.8 Å². The Hall–Kier alpha value is -1.95. The molecule has 24 heavy (non-hydrogen) atoms. The van der Waals surface area contributed by atoms with Gasteiger partial charge in [0.1, 0.15) is 5.76 Å². The van der Waals surface area contributed by atoms with Gasteiger partial charge in [-0.05, 0) is 38.3 Å². The van der Waals surface area contributed by atoms with Crippen LogP contribution in [0.3, 0.4) is 0 Å². The third-order valence-corrected chi connectivity index (χ3v) is 5.51. The van der Waals surface area contributed by atoms with Crippen LogP contribution in [0.2, 0.25) is 0 Å². The number of aryl methyl sites for hydroxylation is 2. The number of urea groups is 1. The van der Waals surface area contributed by atoms with E-state index in [-0.39, 0.29) is 6.03 Å². The van der Waals surface area contributed by atoms with E-state index >= 15 is 0 Å². The number of nitrogens with one attached hydrogen (secondary N) is 1. The van der Waals surface area contributed by atoms with E-state index in [4.69, 9.17) is 4.42 Å². The Morgan fingerprint density at radius 1 is 1.38 bits per heavy atom. The SMILES string of the molecule is Cc1nc(CNC(=O)N2CC[C@@H](CSc3ccccc3)C2)oc1C. The van der Waals surface area contributed by atoms with Gasteiger partial charge in [-0.2, -0.15) is 0 Å². The van der Waals surface area contributed by atoms with Gasteiger partial charge in [0.2, 0.25) is 5.89 Å². The number of amides is 2. The number of thioether (sulfide) groups is 1. The molecule has 3 rings (SSSR count). The lowest BCUT2D eigenvalue weighted by Crippen LogP contribution is -2.38. The van der Waals surface area contributed by atoms with Crippen LogP contribution in [0.1, 0.15) is 23.8 Å². The van der Waals surface area contributed by atoms with Crippen LogP contribution < -0.4 is 5.32 Å². The van der Waals surface area contributed by atoms with E-state index in [0.29, 0.717) is 18.4 Å². The number of likely N-dealkylation sites (tertiary alicyclic amines) is 1. The van der Waals surface area contributed by atoms with E-state index in [1.807, 2.05) is 36.6 Å². The fourth-order valence-corrected chi connectivity index (χ4v) is 3.81. The predicted octanol–water partition coefficient (Wildman–Crippen LogP) is 3.62. The molecule has 1 fully saturated rings. The molecule has 2 aromatic rings. The summed E-state index contributed by atoms with van der Waals surface area (Å²) in [5.41, 5.74) is 0.874. The van der Waals surface area contributed by atoms with Crippen molar-refractivity contribution in [1.82, 2.24) is 15.2 Å². The Bertz CT molecular complexity index is 667. The summed E-state index contributed by atoms with van der Waals surface area (Å²) in [5, 5.41) is 2.90. The first kappa shape index (κ1) is 16.9. The molecule has 2 amide bonds. The first-order valence-electron chi connectivity index (χ1n) is 8.25. The van der Waals surface area contributed by atoms with Crippen LogP contribution >= 0.6 is 11.8 Å². The van der Waals surface area contributed by atoms with Crippen molar-refractivity contribution < 1.29 is 9.21 Å².